The lowest BCUT2D eigenvalue weighted by atomic mass is 10.1. The SMILES string of the molecule is Nc1ccc(C(=O)N2CCCNCC2)c(Cl)c1. The zero-order valence-electron chi connectivity index (χ0n) is 9.58. The first-order valence-electron chi connectivity index (χ1n) is 5.73. The van der Waals surface area contributed by atoms with Gasteiger partial charge in [-0.05, 0) is 31.2 Å². The Morgan fingerprint density at radius 1 is 1.35 bits per heavy atom. The Morgan fingerprint density at radius 3 is 2.94 bits per heavy atom. The molecule has 1 aliphatic rings. The molecule has 1 aromatic carbocycles. The molecule has 1 heterocycles. The third-order valence-corrected chi connectivity index (χ3v) is 3.16. The third-order valence-electron chi connectivity index (χ3n) is 2.85. The number of nitrogens with two attached hydrogens (primary N) is 1. The second-order valence-corrected chi connectivity index (χ2v) is 4.54. The van der Waals surface area contributed by atoms with Gasteiger partial charge in [-0.15, -0.1) is 0 Å². The fraction of sp³-hybridized carbons (Fsp3) is 0.417. The van der Waals surface area contributed by atoms with Crippen LogP contribution in [-0.2, 0) is 0 Å². The minimum atomic E-state index is -0.0151. The molecule has 17 heavy (non-hydrogen) atoms. The summed E-state index contributed by atoms with van der Waals surface area (Å²) in [5.41, 5.74) is 6.72. The van der Waals surface area contributed by atoms with Gasteiger partial charge in [-0.2, -0.15) is 0 Å². The monoisotopic (exact) mass is 253 g/mol. The number of carbonyl (C=O) groups excluding carboxylic acids is 1. The van der Waals surface area contributed by atoms with Crippen LogP contribution in [0.4, 0.5) is 5.69 Å². The van der Waals surface area contributed by atoms with E-state index in [2.05, 4.69) is 5.32 Å². The number of hydrogen-bond donors (Lipinski definition) is 2. The predicted molar refractivity (Wildman–Crippen MR) is 69.3 cm³/mol. The highest BCUT2D eigenvalue weighted by atomic mass is 35.5. The number of rotatable bonds is 1. The van der Waals surface area contributed by atoms with Crippen LogP contribution in [0.1, 0.15) is 16.8 Å². The van der Waals surface area contributed by atoms with E-state index in [1.807, 2.05) is 4.90 Å². The van der Waals surface area contributed by atoms with Crippen molar-refractivity contribution in [2.45, 2.75) is 6.42 Å². The van der Waals surface area contributed by atoms with Crippen molar-refractivity contribution in [2.24, 2.45) is 0 Å². The second kappa shape index (κ2) is 5.38. The van der Waals surface area contributed by atoms with E-state index in [-0.39, 0.29) is 5.91 Å². The highest BCUT2D eigenvalue weighted by molar-refractivity contribution is 6.34. The van der Waals surface area contributed by atoms with Gasteiger partial charge in [0.25, 0.3) is 5.91 Å². The topological polar surface area (TPSA) is 58.4 Å². The van der Waals surface area contributed by atoms with E-state index < -0.39 is 0 Å². The van der Waals surface area contributed by atoms with Crippen LogP contribution >= 0.6 is 11.6 Å². The summed E-state index contributed by atoms with van der Waals surface area (Å²) in [6.07, 6.45) is 0.971. The number of nitrogens with one attached hydrogen (secondary N) is 1. The number of nitrogen functional groups attached to an aromatic ring is 1. The number of amides is 1. The van der Waals surface area contributed by atoms with Crippen LogP contribution in [0.3, 0.4) is 0 Å². The van der Waals surface area contributed by atoms with E-state index in [0.29, 0.717) is 16.3 Å². The molecule has 1 amide bonds. The summed E-state index contributed by atoms with van der Waals surface area (Å²) in [5, 5.41) is 3.68. The summed E-state index contributed by atoms with van der Waals surface area (Å²) >= 11 is 6.04. The molecular formula is C12H16ClN3O. The number of nitrogens with zero attached hydrogens (tertiary/aromatic N) is 1. The fourth-order valence-electron chi connectivity index (χ4n) is 1.92. The van der Waals surface area contributed by atoms with E-state index in [4.69, 9.17) is 17.3 Å². The van der Waals surface area contributed by atoms with E-state index in [1.165, 1.54) is 0 Å². The zero-order chi connectivity index (χ0) is 12.3. The van der Waals surface area contributed by atoms with Crippen LogP contribution in [0.25, 0.3) is 0 Å². The van der Waals surface area contributed by atoms with Crippen molar-refractivity contribution in [2.75, 3.05) is 31.9 Å². The summed E-state index contributed by atoms with van der Waals surface area (Å²) in [6, 6.07) is 5.01. The number of anilines is 1. The Labute approximate surface area is 106 Å². The van der Waals surface area contributed by atoms with Crippen LogP contribution in [0.5, 0.6) is 0 Å². The second-order valence-electron chi connectivity index (χ2n) is 4.14. The van der Waals surface area contributed by atoms with Crippen molar-refractivity contribution in [1.29, 1.82) is 0 Å². The number of halogens is 1. The number of hydrogen-bond acceptors (Lipinski definition) is 3. The maximum Gasteiger partial charge on any atom is 0.255 e. The maximum atomic E-state index is 12.3. The highest BCUT2D eigenvalue weighted by Gasteiger charge is 2.19. The molecule has 2 rings (SSSR count). The van der Waals surface area contributed by atoms with Gasteiger partial charge in [0, 0.05) is 25.3 Å². The van der Waals surface area contributed by atoms with Crippen molar-refractivity contribution in [1.82, 2.24) is 10.2 Å². The first-order valence-corrected chi connectivity index (χ1v) is 6.11. The lowest BCUT2D eigenvalue weighted by molar-refractivity contribution is 0.0766. The van der Waals surface area contributed by atoms with Gasteiger partial charge in [0.05, 0.1) is 10.6 Å². The minimum Gasteiger partial charge on any atom is -0.399 e. The lowest BCUT2D eigenvalue weighted by Gasteiger charge is -2.20. The molecule has 1 aromatic rings. The lowest BCUT2D eigenvalue weighted by Crippen LogP contribution is -2.34. The Bertz CT molecular complexity index is 414. The van der Waals surface area contributed by atoms with Gasteiger partial charge in [0.1, 0.15) is 0 Å². The molecule has 1 saturated heterocycles. The van der Waals surface area contributed by atoms with Crippen molar-refractivity contribution in [3.8, 4) is 0 Å². The van der Waals surface area contributed by atoms with Crippen LogP contribution < -0.4 is 11.1 Å². The highest BCUT2D eigenvalue weighted by Crippen LogP contribution is 2.21. The molecule has 0 saturated carbocycles. The quantitative estimate of drug-likeness (QED) is 0.743. The van der Waals surface area contributed by atoms with E-state index in [1.54, 1.807) is 18.2 Å². The molecular weight excluding hydrogens is 238 g/mol. The van der Waals surface area contributed by atoms with Crippen LogP contribution in [-0.4, -0.2) is 37.0 Å². The van der Waals surface area contributed by atoms with Gasteiger partial charge in [0.2, 0.25) is 0 Å². The number of carbonyl (C=O) groups is 1. The van der Waals surface area contributed by atoms with Crippen molar-refractivity contribution in [3.05, 3.63) is 28.8 Å². The van der Waals surface area contributed by atoms with E-state index in [0.717, 1.165) is 32.6 Å². The van der Waals surface area contributed by atoms with E-state index >= 15 is 0 Å². The van der Waals surface area contributed by atoms with Gasteiger partial charge < -0.3 is 16.0 Å². The van der Waals surface area contributed by atoms with Gasteiger partial charge in [-0.3, -0.25) is 4.79 Å². The number of benzene rings is 1. The van der Waals surface area contributed by atoms with Crippen LogP contribution in [0.2, 0.25) is 5.02 Å². The predicted octanol–water partition coefficient (Wildman–Crippen LogP) is 1.36. The first kappa shape index (κ1) is 12.2. The first-order chi connectivity index (χ1) is 8.18. The molecule has 0 unspecified atom stereocenters. The average Bonchev–Trinajstić information content (AvgIpc) is 2.56. The van der Waals surface area contributed by atoms with Gasteiger partial charge >= 0.3 is 0 Å². The molecule has 0 aliphatic carbocycles. The maximum absolute atomic E-state index is 12.3. The van der Waals surface area contributed by atoms with Crippen molar-refractivity contribution in [3.63, 3.8) is 0 Å². The zero-order valence-corrected chi connectivity index (χ0v) is 10.3. The molecule has 0 radical (unpaired) electrons. The standard InChI is InChI=1S/C12H16ClN3O/c13-11-8-9(14)2-3-10(11)12(17)16-6-1-4-15-5-7-16/h2-3,8,15H,1,4-7,14H2. The molecule has 1 aliphatic heterocycles. The molecule has 0 aromatic heterocycles. The normalized spacial score (nSPS) is 16.6. The van der Waals surface area contributed by atoms with Crippen LogP contribution in [0.15, 0.2) is 18.2 Å². The van der Waals surface area contributed by atoms with Crippen molar-refractivity contribution >= 4 is 23.2 Å². The average molecular weight is 254 g/mol. The Morgan fingerprint density at radius 2 is 2.18 bits per heavy atom. The van der Waals surface area contributed by atoms with Gasteiger partial charge in [0.15, 0.2) is 0 Å². The van der Waals surface area contributed by atoms with Crippen molar-refractivity contribution < 1.29 is 4.79 Å². The Hall–Kier alpha value is -1.26. The smallest absolute Gasteiger partial charge is 0.255 e. The molecule has 3 N–H and O–H groups in total. The largest absolute Gasteiger partial charge is 0.399 e. The Kier molecular flexibility index (Phi) is 3.86. The third kappa shape index (κ3) is 2.90. The van der Waals surface area contributed by atoms with Crippen LogP contribution in [0, 0.1) is 0 Å². The van der Waals surface area contributed by atoms with Gasteiger partial charge in [-0.25, -0.2) is 0 Å². The molecule has 0 atom stereocenters. The molecule has 5 heteroatoms. The molecule has 1 fully saturated rings. The minimum absolute atomic E-state index is 0.0151. The summed E-state index contributed by atoms with van der Waals surface area (Å²) < 4.78 is 0. The summed E-state index contributed by atoms with van der Waals surface area (Å²) in [5.74, 6) is -0.0151. The van der Waals surface area contributed by atoms with E-state index in [9.17, 15) is 4.79 Å². The summed E-state index contributed by atoms with van der Waals surface area (Å²) in [6.45, 7) is 3.28. The fourth-order valence-corrected chi connectivity index (χ4v) is 2.19. The van der Waals surface area contributed by atoms with Gasteiger partial charge in [-0.1, -0.05) is 11.6 Å². The molecule has 4 nitrogen and oxygen atoms in total. The molecule has 92 valence electrons. The Balaban J connectivity index is 2.17. The summed E-state index contributed by atoms with van der Waals surface area (Å²) in [7, 11) is 0. The molecule has 0 spiro atoms. The summed E-state index contributed by atoms with van der Waals surface area (Å²) in [4.78, 5) is 14.1. The molecule has 0 bridgehead atoms.